The van der Waals surface area contributed by atoms with E-state index in [4.69, 9.17) is 5.48 Å². The Kier molecular flexibility index (Phi) is 3.28. The largest absolute Gasteiger partial charge is 0.0617 e. The molecule has 0 radical (unpaired) electrons. The third kappa shape index (κ3) is 5.31. The van der Waals surface area contributed by atoms with Gasteiger partial charge in [-0.3, -0.25) is 0 Å². The molecule has 0 heterocycles. The van der Waals surface area contributed by atoms with Crippen molar-refractivity contribution in [1.82, 2.24) is 0 Å². The molecule has 0 amide bonds. The first kappa shape index (κ1) is 11.8. The van der Waals surface area contributed by atoms with Crippen LogP contribution < -0.4 is 0 Å². The molecule has 0 aromatic heterocycles. The van der Waals surface area contributed by atoms with Crippen LogP contribution in [0.15, 0.2) is 18.2 Å². The maximum absolute atomic E-state index is 8.74. The molecule has 0 saturated heterocycles. The maximum atomic E-state index is 8.74. The molecule has 20 heavy (non-hydrogen) atoms. The maximum Gasteiger partial charge on any atom is 0.0321 e. The summed E-state index contributed by atoms with van der Waals surface area (Å²) in [5, 5.41) is 0. The second-order valence-corrected chi connectivity index (χ2v) is 8.73. The quantitative estimate of drug-likeness (QED) is 0.607. The lowest BCUT2D eigenvalue weighted by Crippen LogP contribution is -2.22. The van der Waals surface area contributed by atoms with Crippen molar-refractivity contribution in [3.05, 3.63) is 34.9 Å². The molecule has 0 spiro atoms. The lowest BCUT2D eigenvalue weighted by molar-refractivity contribution is 0.396. The summed E-state index contributed by atoms with van der Waals surface area (Å²) in [6, 6.07) is 5.45. The molecule has 0 aliphatic heterocycles. The highest BCUT2D eigenvalue weighted by molar-refractivity contribution is 5.41. The van der Waals surface area contributed by atoms with Gasteiger partial charge in [-0.2, -0.15) is 0 Å². The monoisotopic (exact) mass is 278 g/mol. The van der Waals surface area contributed by atoms with E-state index in [0.717, 1.165) is 5.56 Å². The predicted molar refractivity (Wildman–Crippen MR) is 91.5 cm³/mol. The fraction of sp³-hybridized carbons (Fsp3) is 0.700. The molecule has 0 bridgehead atoms. The van der Waals surface area contributed by atoms with Gasteiger partial charge < -0.3 is 0 Å². The van der Waals surface area contributed by atoms with Crippen molar-refractivity contribution in [3.63, 3.8) is 0 Å². The van der Waals surface area contributed by atoms with E-state index in [2.05, 4.69) is 0 Å². The molecule has 0 fully saturated rings. The first-order valence-corrected chi connectivity index (χ1v) is 7.49. The lowest BCUT2D eigenvalue weighted by atomic mass is 9.73. The van der Waals surface area contributed by atoms with Crippen molar-refractivity contribution in [2.45, 2.75) is 80.5 Å². The smallest absolute Gasteiger partial charge is 0.0321 e. The van der Waals surface area contributed by atoms with Crippen molar-refractivity contribution in [3.8, 4) is 0 Å². The van der Waals surface area contributed by atoms with Gasteiger partial charge in [-0.25, -0.2) is 0 Å². The zero-order chi connectivity index (χ0) is 19.4. The number of hydrogen-bond acceptors (Lipinski definition) is 0. The van der Waals surface area contributed by atoms with Gasteiger partial charge in [0.05, 0.1) is 0 Å². The van der Waals surface area contributed by atoms with E-state index in [9.17, 15) is 0 Å². The summed E-state index contributed by atoms with van der Waals surface area (Å²) in [5.74, 6) is 0. The molecule has 0 aliphatic carbocycles. The Balaban J connectivity index is 3.90. The van der Waals surface area contributed by atoms with Gasteiger partial charge in [0.1, 0.15) is 0 Å². The SMILES string of the molecule is [2H]C([2H])(c1cccc(C([2H])([2H])C(C)(C)C)c1C(C)(C)C)C(C)(C)C. The highest BCUT2D eigenvalue weighted by Gasteiger charge is 2.25. The van der Waals surface area contributed by atoms with Crippen LogP contribution in [0, 0.1) is 10.8 Å². The Hall–Kier alpha value is -0.780. The Morgan fingerprint density at radius 2 is 1.10 bits per heavy atom. The molecule has 0 heteroatoms. The van der Waals surface area contributed by atoms with Crippen LogP contribution in [0.4, 0.5) is 0 Å². The molecule has 0 nitrogen and oxygen atoms in total. The van der Waals surface area contributed by atoms with E-state index in [0.29, 0.717) is 11.1 Å². The molecule has 1 aromatic carbocycles. The van der Waals surface area contributed by atoms with Crippen molar-refractivity contribution in [2.24, 2.45) is 10.8 Å². The second-order valence-electron chi connectivity index (χ2n) is 8.73. The van der Waals surface area contributed by atoms with Crippen LogP contribution in [0.1, 0.15) is 84.5 Å². The zero-order valence-electron chi connectivity index (χ0n) is 18.7. The van der Waals surface area contributed by atoms with Gasteiger partial charge >= 0.3 is 0 Å². The fourth-order valence-corrected chi connectivity index (χ4v) is 2.38. The number of benzene rings is 1. The van der Waals surface area contributed by atoms with E-state index in [1.807, 2.05) is 74.4 Å². The van der Waals surface area contributed by atoms with E-state index in [1.54, 1.807) is 6.07 Å². The minimum atomic E-state index is -1.56. The molecular weight excluding hydrogens is 240 g/mol. The molecule has 114 valence electrons. The molecular formula is C20H34. The van der Waals surface area contributed by atoms with Crippen molar-refractivity contribution < 1.29 is 5.48 Å². The minimum Gasteiger partial charge on any atom is -0.0617 e. The van der Waals surface area contributed by atoms with Crippen molar-refractivity contribution >= 4 is 0 Å². The van der Waals surface area contributed by atoms with Gasteiger partial charge in [-0.1, -0.05) is 80.5 Å². The summed E-state index contributed by atoms with van der Waals surface area (Å²) in [4.78, 5) is 0. The molecule has 1 rings (SSSR count). The molecule has 0 saturated carbocycles. The topological polar surface area (TPSA) is 0 Å². The van der Waals surface area contributed by atoms with E-state index in [-0.39, 0.29) is 5.41 Å². The summed E-state index contributed by atoms with van der Waals surface area (Å²) >= 11 is 0. The van der Waals surface area contributed by atoms with Crippen LogP contribution in [0.2, 0.25) is 0 Å². The Morgan fingerprint density at radius 1 is 0.750 bits per heavy atom. The molecule has 0 N–H and O–H groups in total. The van der Waals surface area contributed by atoms with Crippen LogP contribution in [0.3, 0.4) is 0 Å². The molecule has 0 aliphatic rings. The van der Waals surface area contributed by atoms with Gasteiger partial charge in [-0.15, -0.1) is 0 Å². The fourth-order valence-electron chi connectivity index (χ4n) is 2.38. The summed E-state index contributed by atoms with van der Waals surface area (Å²) in [7, 11) is 0. The predicted octanol–water partition coefficient (Wildman–Crippen LogP) is 6.16. The third-order valence-electron chi connectivity index (χ3n) is 2.83. The molecule has 0 unspecified atom stereocenters. The first-order valence-electron chi connectivity index (χ1n) is 9.49. The third-order valence-corrected chi connectivity index (χ3v) is 2.83. The lowest BCUT2D eigenvalue weighted by Gasteiger charge is -2.31. The standard InChI is InChI=1S/C20H34/c1-18(2,3)13-15-11-10-12-16(14-19(4,5)6)17(15)20(7,8)9/h10-12H,13-14H2,1-9H3/i13D2,14D2. The van der Waals surface area contributed by atoms with Crippen molar-refractivity contribution in [1.29, 1.82) is 0 Å². The average molecular weight is 279 g/mol. The average Bonchev–Trinajstić information content (AvgIpc) is 2.34. The van der Waals surface area contributed by atoms with Gasteiger partial charge in [0, 0.05) is 5.48 Å². The highest BCUT2D eigenvalue weighted by Crippen LogP contribution is 2.35. The van der Waals surface area contributed by atoms with Crippen molar-refractivity contribution in [2.75, 3.05) is 0 Å². The van der Waals surface area contributed by atoms with Gasteiger partial charge in [0.25, 0.3) is 0 Å². The van der Waals surface area contributed by atoms with Gasteiger partial charge in [0.15, 0.2) is 0 Å². The summed E-state index contributed by atoms with van der Waals surface area (Å²) in [6.45, 7) is 17.5. The van der Waals surface area contributed by atoms with E-state index < -0.39 is 23.6 Å². The van der Waals surface area contributed by atoms with E-state index >= 15 is 0 Å². The van der Waals surface area contributed by atoms with Crippen LogP contribution >= 0.6 is 0 Å². The normalized spacial score (nSPS) is 18.1. The summed E-state index contributed by atoms with van der Waals surface area (Å²) < 4.78 is 35.0. The minimum absolute atomic E-state index is 0.358. The number of hydrogen-bond donors (Lipinski definition) is 0. The molecule has 1 aromatic rings. The summed E-state index contributed by atoms with van der Waals surface area (Å²) in [5.41, 5.74) is 0.481. The first-order chi connectivity index (χ1) is 10.3. The second kappa shape index (κ2) is 5.54. The van der Waals surface area contributed by atoms with Crippen LogP contribution in [-0.2, 0) is 18.2 Å². The Morgan fingerprint density at radius 3 is 1.35 bits per heavy atom. The zero-order valence-corrected chi connectivity index (χ0v) is 14.7. The van der Waals surface area contributed by atoms with E-state index in [1.165, 1.54) is 0 Å². The molecule has 0 atom stereocenters. The van der Waals surface area contributed by atoms with Crippen LogP contribution in [0.5, 0.6) is 0 Å². The van der Waals surface area contributed by atoms with Gasteiger partial charge in [0.2, 0.25) is 0 Å². The number of rotatable bonds is 2. The van der Waals surface area contributed by atoms with Crippen LogP contribution in [-0.4, -0.2) is 0 Å². The van der Waals surface area contributed by atoms with Gasteiger partial charge in [-0.05, 0) is 45.7 Å². The Bertz CT molecular complexity index is 549. The van der Waals surface area contributed by atoms with Crippen LogP contribution in [0.25, 0.3) is 0 Å². The highest BCUT2D eigenvalue weighted by atomic mass is 14.3. The summed E-state index contributed by atoms with van der Waals surface area (Å²) in [6.07, 6.45) is -3.11. The Labute approximate surface area is 132 Å².